The van der Waals surface area contributed by atoms with E-state index in [1.54, 1.807) is 19.3 Å². The average Bonchev–Trinajstić information content (AvgIpc) is 3.00. The Morgan fingerprint density at radius 1 is 0.933 bits per heavy atom. The van der Waals surface area contributed by atoms with Crippen molar-refractivity contribution >= 4 is 22.6 Å². The number of alkyl halides is 1. The lowest BCUT2D eigenvalue weighted by Gasteiger charge is -2.33. The smallest absolute Gasteiger partial charge is 0.0134 e. The molecule has 3 fully saturated rings. The molecule has 1 heterocycles. The van der Waals surface area contributed by atoms with E-state index in [1.807, 2.05) is 0 Å². The Labute approximate surface area is 107 Å². The van der Waals surface area contributed by atoms with Crippen LogP contribution in [0, 0.1) is 17.8 Å². The molecule has 3 atom stereocenters. The molecule has 3 rings (SSSR count). The number of halogens is 1. The number of rotatable bonds is 2. The van der Waals surface area contributed by atoms with Crippen LogP contribution in [0.1, 0.15) is 38.5 Å². The van der Waals surface area contributed by atoms with Crippen molar-refractivity contribution < 1.29 is 0 Å². The fourth-order valence-electron chi connectivity index (χ4n) is 3.56. The van der Waals surface area contributed by atoms with E-state index in [0.29, 0.717) is 0 Å². The molecule has 1 nitrogen and oxygen atoms in total. The van der Waals surface area contributed by atoms with E-state index < -0.39 is 0 Å². The van der Waals surface area contributed by atoms with Gasteiger partial charge < -0.3 is 4.90 Å². The van der Waals surface area contributed by atoms with Gasteiger partial charge in [-0.05, 0) is 69.4 Å². The van der Waals surface area contributed by atoms with Crippen molar-refractivity contribution in [1.29, 1.82) is 0 Å². The minimum Gasteiger partial charge on any atom is -0.303 e. The predicted octanol–water partition coefficient (Wildman–Crippen LogP) is 3.32. The summed E-state index contributed by atoms with van der Waals surface area (Å²) in [4.78, 5) is 2.74. The Hall–Kier alpha value is 0.690. The highest BCUT2D eigenvalue weighted by Crippen LogP contribution is 2.51. The second-order valence-corrected chi connectivity index (χ2v) is 7.67. The highest BCUT2D eigenvalue weighted by Gasteiger charge is 2.42. The normalized spacial score (nSPS) is 42.6. The maximum absolute atomic E-state index is 2.74. The summed E-state index contributed by atoms with van der Waals surface area (Å²) in [7, 11) is 0. The SMILES string of the molecule is IC1CCN(CC2CCC3CC3C2)CC1. The van der Waals surface area contributed by atoms with E-state index in [1.165, 1.54) is 44.8 Å². The van der Waals surface area contributed by atoms with Crippen molar-refractivity contribution in [1.82, 2.24) is 4.90 Å². The quantitative estimate of drug-likeness (QED) is 0.557. The summed E-state index contributed by atoms with van der Waals surface area (Å²) < 4.78 is 0.956. The molecular weight excluding hydrogens is 297 g/mol. The Bertz CT molecular complexity index is 223. The molecule has 3 aliphatic rings. The molecule has 0 bridgehead atoms. The van der Waals surface area contributed by atoms with Crippen molar-refractivity contribution in [2.24, 2.45) is 17.8 Å². The number of nitrogens with zero attached hydrogens (tertiary/aromatic N) is 1. The van der Waals surface area contributed by atoms with Gasteiger partial charge in [-0.2, -0.15) is 0 Å². The largest absolute Gasteiger partial charge is 0.303 e. The molecule has 15 heavy (non-hydrogen) atoms. The van der Waals surface area contributed by atoms with Gasteiger partial charge in [-0.3, -0.25) is 0 Å². The fourth-order valence-corrected chi connectivity index (χ4v) is 4.12. The molecule has 86 valence electrons. The van der Waals surface area contributed by atoms with Gasteiger partial charge in [0.2, 0.25) is 0 Å². The summed E-state index contributed by atoms with van der Waals surface area (Å²) in [6, 6.07) is 0. The van der Waals surface area contributed by atoms with Gasteiger partial charge in [0.15, 0.2) is 0 Å². The van der Waals surface area contributed by atoms with Crippen LogP contribution in [0.15, 0.2) is 0 Å². The van der Waals surface area contributed by atoms with E-state index in [0.717, 1.165) is 15.8 Å². The van der Waals surface area contributed by atoms with Gasteiger partial charge in [0.05, 0.1) is 0 Å². The first kappa shape index (κ1) is 10.8. The topological polar surface area (TPSA) is 3.24 Å². The molecule has 0 N–H and O–H groups in total. The van der Waals surface area contributed by atoms with Crippen molar-refractivity contribution in [2.75, 3.05) is 19.6 Å². The molecular formula is C13H22IN. The van der Waals surface area contributed by atoms with E-state index in [-0.39, 0.29) is 0 Å². The number of fused-ring (bicyclic) bond motifs is 1. The Kier molecular flexibility index (Phi) is 3.26. The molecule has 0 aromatic carbocycles. The van der Waals surface area contributed by atoms with Crippen LogP contribution in [0.5, 0.6) is 0 Å². The highest BCUT2D eigenvalue weighted by molar-refractivity contribution is 14.1. The molecule has 0 radical (unpaired) electrons. The lowest BCUT2D eigenvalue weighted by Crippen LogP contribution is -2.37. The van der Waals surface area contributed by atoms with Crippen LogP contribution < -0.4 is 0 Å². The molecule has 1 aliphatic heterocycles. The summed E-state index contributed by atoms with van der Waals surface area (Å²) in [5.74, 6) is 3.38. The fraction of sp³-hybridized carbons (Fsp3) is 1.00. The second kappa shape index (κ2) is 4.52. The standard InChI is InChI=1S/C13H22IN/c14-13-3-5-15(6-4-13)9-10-1-2-11-8-12(11)7-10/h10-13H,1-9H2. The van der Waals surface area contributed by atoms with Crippen LogP contribution in [-0.4, -0.2) is 28.5 Å². The Morgan fingerprint density at radius 2 is 1.73 bits per heavy atom. The summed E-state index contributed by atoms with van der Waals surface area (Å²) in [5.41, 5.74) is 0. The van der Waals surface area contributed by atoms with E-state index in [9.17, 15) is 0 Å². The molecule has 0 aromatic rings. The zero-order chi connectivity index (χ0) is 10.3. The van der Waals surface area contributed by atoms with Crippen molar-refractivity contribution in [3.05, 3.63) is 0 Å². The van der Waals surface area contributed by atoms with Crippen molar-refractivity contribution in [3.8, 4) is 0 Å². The zero-order valence-electron chi connectivity index (χ0n) is 9.50. The number of piperidine rings is 1. The first-order valence-electron chi connectivity index (χ1n) is 6.67. The minimum atomic E-state index is 0.956. The van der Waals surface area contributed by atoms with Gasteiger partial charge in [0, 0.05) is 10.5 Å². The van der Waals surface area contributed by atoms with E-state index in [2.05, 4.69) is 27.5 Å². The van der Waals surface area contributed by atoms with Crippen LogP contribution >= 0.6 is 22.6 Å². The van der Waals surface area contributed by atoms with Crippen LogP contribution in [0.4, 0.5) is 0 Å². The Balaban J connectivity index is 1.44. The van der Waals surface area contributed by atoms with Crippen molar-refractivity contribution in [3.63, 3.8) is 0 Å². The maximum atomic E-state index is 2.74. The van der Waals surface area contributed by atoms with Crippen molar-refractivity contribution in [2.45, 2.75) is 42.4 Å². The summed E-state index contributed by atoms with van der Waals surface area (Å²) in [5, 5.41) is 0. The third-order valence-corrected chi connectivity index (χ3v) is 5.93. The van der Waals surface area contributed by atoms with E-state index >= 15 is 0 Å². The third-order valence-electron chi connectivity index (χ3n) is 4.68. The van der Waals surface area contributed by atoms with Crippen LogP contribution in [0.2, 0.25) is 0 Å². The molecule has 3 unspecified atom stereocenters. The van der Waals surface area contributed by atoms with Gasteiger partial charge in [-0.25, -0.2) is 0 Å². The number of likely N-dealkylation sites (tertiary alicyclic amines) is 1. The summed E-state index contributed by atoms with van der Waals surface area (Å²) in [6.45, 7) is 4.17. The molecule has 0 amide bonds. The van der Waals surface area contributed by atoms with Gasteiger partial charge >= 0.3 is 0 Å². The van der Waals surface area contributed by atoms with E-state index in [4.69, 9.17) is 0 Å². The van der Waals surface area contributed by atoms with Crippen LogP contribution in [-0.2, 0) is 0 Å². The number of hydrogen-bond donors (Lipinski definition) is 0. The molecule has 2 aliphatic carbocycles. The highest BCUT2D eigenvalue weighted by atomic mass is 127. The lowest BCUT2D eigenvalue weighted by atomic mass is 9.88. The van der Waals surface area contributed by atoms with Crippen LogP contribution in [0.25, 0.3) is 0 Å². The monoisotopic (exact) mass is 319 g/mol. The molecule has 0 spiro atoms. The zero-order valence-corrected chi connectivity index (χ0v) is 11.7. The molecule has 1 saturated heterocycles. The first-order valence-corrected chi connectivity index (χ1v) is 7.92. The van der Waals surface area contributed by atoms with Gasteiger partial charge in [0.1, 0.15) is 0 Å². The van der Waals surface area contributed by atoms with Gasteiger partial charge in [-0.1, -0.05) is 22.6 Å². The van der Waals surface area contributed by atoms with Gasteiger partial charge in [0.25, 0.3) is 0 Å². The second-order valence-electron chi connectivity index (χ2n) is 5.91. The Morgan fingerprint density at radius 3 is 2.47 bits per heavy atom. The maximum Gasteiger partial charge on any atom is 0.0134 e. The molecule has 2 heteroatoms. The number of hydrogen-bond acceptors (Lipinski definition) is 1. The third kappa shape index (κ3) is 2.68. The predicted molar refractivity (Wildman–Crippen MR) is 72.4 cm³/mol. The first-order chi connectivity index (χ1) is 7.31. The average molecular weight is 319 g/mol. The van der Waals surface area contributed by atoms with Crippen LogP contribution in [0.3, 0.4) is 0 Å². The molecule has 2 saturated carbocycles. The van der Waals surface area contributed by atoms with Gasteiger partial charge in [-0.15, -0.1) is 0 Å². The molecule has 0 aromatic heterocycles. The summed E-state index contributed by atoms with van der Waals surface area (Å²) >= 11 is 2.62. The summed E-state index contributed by atoms with van der Waals surface area (Å²) in [6.07, 6.45) is 9.09. The minimum absolute atomic E-state index is 0.956. The lowest BCUT2D eigenvalue weighted by molar-refractivity contribution is 0.175.